The number of carbonyl (C=O) groups is 1. The van der Waals surface area contributed by atoms with Crippen LogP contribution in [0.15, 0.2) is 58.4 Å². The van der Waals surface area contributed by atoms with Gasteiger partial charge in [0.25, 0.3) is 0 Å². The zero-order valence-corrected chi connectivity index (χ0v) is 16.6. The lowest BCUT2D eigenvalue weighted by atomic mass is 9.81. The van der Waals surface area contributed by atoms with E-state index in [1.54, 1.807) is 11.3 Å². The Morgan fingerprint density at radius 2 is 2.11 bits per heavy atom. The number of hydrogen-bond acceptors (Lipinski definition) is 5. The summed E-state index contributed by atoms with van der Waals surface area (Å²) in [6.45, 7) is 2.50. The van der Waals surface area contributed by atoms with E-state index in [2.05, 4.69) is 15.8 Å². The van der Waals surface area contributed by atoms with Gasteiger partial charge in [0.05, 0.1) is 12.2 Å². The van der Waals surface area contributed by atoms with Gasteiger partial charge in [-0.3, -0.25) is 4.79 Å². The second-order valence-electron chi connectivity index (χ2n) is 7.33. The molecule has 6 heteroatoms. The van der Waals surface area contributed by atoms with Crippen molar-refractivity contribution in [3.63, 3.8) is 0 Å². The summed E-state index contributed by atoms with van der Waals surface area (Å²) in [7, 11) is 0. The molecule has 146 valence electrons. The highest BCUT2D eigenvalue weighted by Crippen LogP contribution is 2.28. The van der Waals surface area contributed by atoms with E-state index in [4.69, 9.17) is 4.52 Å². The average molecular weight is 396 g/mol. The summed E-state index contributed by atoms with van der Waals surface area (Å²) in [5, 5.41) is 12.8. The molecule has 2 aromatic heterocycles. The zero-order valence-electron chi connectivity index (χ0n) is 15.8. The number of thiophene rings is 1. The molecule has 3 heterocycles. The molecule has 1 amide bonds. The van der Waals surface area contributed by atoms with Crippen LogP contribution < -0.4 is 10.6 Å². The molecule has 1 aromatic carbocycles. The summed E-state index contributed by atoms with van der Waals surface area (Å²) in [5.41, 5.74) is 1.99. The molecule has 0 spiro atoms. The summed E-state index contributed by atoms with van der Waals surface area (Å²) in [4.78, 5) is 13.6. The van der Waals surface area contributed by atoms with Crippen molar-refractivity contribution >= 4 is 17.2 Å². The Morgan fingerprint density at radius 1 is 1.21 bits per heavy atom. The van der Waals surface area contributed by atoms with Gasteiger partial charge in [0, 0.05) is 22.9 Å². The molecule has 0 aliphatic carbocycles. The minimum Gasteiger partial charge on any atom is -0.356 e. The highest BCUT2D eigenvalue weighted by Gasteiger charge is 2.28. The SMILES string of the molecule is O=C(CC1CCNCC1Cc1cc(-c2ccccc2)on1)NCc1cccs1. The molecule has 3 aromatic rings. The standard InChI is InChI=1S/C22H25N3O2S/c26-22(24-15-20-7-4-10-28-20)12-17-8-9-23-14-18(17)11-19-13-21(27-25-19)16-5-2-1-3-6-16/h1-7,10,13,17-18,23H,8-9,11-12,14-15H2,(H,24,26). The number of aromatic nitrogens is 1. The zero-order chi connectivity index (χ0) is 19.2. The van der Waals surface area contributed by atoms with E-state index in [-0.39, 0.29) is 5.91 Å². The summed E-state index contributed by atoms with van der Waals surface area (Å²) >= 11 is 1.67. The Balaban J connectivity index is 1.34. The third-order valence-electron chi connectivity index (χ3n) is 5.34. The maximum Gasteiger partial charge on any atom is 0.220 e. The number of rotatable bonds is 7. The fourth-order valence-corrected chi connectivity index (χ4v) is 4.45. The number of nitrogens with one attached hydrogen (secondary N) is 2. The molecule has 2 atom stereocenters. The summed E-state index contributed by atoms with van der Waals surface area (Å²) in [6, 6.07) is 16.1. The van der Waals surface area contributed by atoms with E-state index in [1.165, 1.54) is 4.88 Å². The molecular formula is C22H25N3O2S. The second kappa shape index (κ2) is 9.17. The van der Waals surface area contributed by atoms with Crippen LogP contribution in [0.1, 0.15) is 23.4 Å². The maximum atomic E-state index is 12.4. The second-order valence-corrected chi connectivity index (χ2v) is 8.36. The van der Waals surface area contributed by atoms with Crippen molar-refractivity contribution < 1.29 is 9.32 Å². The maximum absolute atomic E-state index is 12.4. The average Bonchev–Trinajstić information content (AvgIpc) is 3.41. The Hall–Kier alpha value is -2.44. The van der Waals surface area contributed by atoms with Crippen LogP contribution >= 0.6 is 11.3 Å². The van der Waals surface area contributed by atoms with Crippen LogP contribution in [-0.2, 0) is 17.8 Å². The van der Waals surface area contributed by atoms with Gasteiger partial charge in [0.15, 0.2) is 5.76 Å². The van der Waals surface area contributed by atoms with Crippen LogP contribution in [0.4, 0.5) is 0 Å². The van der Waals surface area contributed by atoms with Gasteiger partial charge in [-0.05, 0) is 49.2 Å². The van der Waals surface area contributed by atoms with Crippen LogP contribution in [0.3, 0.4) is 0 Å². The van der Waals surface area contributed by atoms with Gasteiger partial charge >= 0.3 is 0 Å². The van der Waals surface area contributed by atoms with Crippen molar-refractivity contribution in [3.05, 3.63) is 64.5 Å². The predicted molar refractivity (Wildman–Crippen MR) is 111 cm³/mol. The molecular weight excluding hydrogens is 370 g/mol. The molecule has 0 radical (unpaired) electrons. The fraction of sp³-hybridized carbons (Fsp3) is 0.364. The largest absolute Gasteiger partial charge is 0.356 e. The van der Waals surface area contributed by atoms with E-state index < -0.39 is 0 Å². The van der Waals surface area contributed by atoms with E-state index in [9.17, 15) is 4.79 Å². The van der Waals surface area contributed by atoms with E-state index in [0.717, 1.165) is 42.9 Å². The number of benzene rings is 1. The van der Waals surface area contributed by atoms with E-state index in [1.807, 2.05) is 53.9 Å². The number of hydrogen-bond donors (Lipinski definition) is 2. The van der Waals surface area contributed by atoms with Crippen molar-refractivity contribution in [2.75, 3.05) is 13.1 Å². The lowest BCUT2D eigenvalue weighted by Crippen LogP contribution is -2.40. The lowest BCUT2D eigenvalue weighted by Gasteiger charge is -2.31. The van der Waals surface area contributed by atoms with Crippen molar-refractivity contribution in [1.29, 1.82) is 0 Å². The highest BCUT2D eigenvalue weighted by atomic mass is 32.1. The summed E-state index contributed by atoms with van der Waals surface area (Å²) in [5.74, 6) is 1.68. The van der Waals surface area contributed by atoms with Gasteiger partial charge in [0.2, 0.25) is 5.91 Å². The summed E-state index contributed by atoms with van der Waals surface area (Å²) in [6.07, 6.45) is 2.41. The van der Waals surface area contributed by atoms with Crippen LogP contribution in [0.5, 0.6) is 0 Å². The topological polar surface area (TPSA) is 67.2 Å². The first-order valence-electron chi connectivity index (χ1n) is 9.79. The first-order chi connectivity index (χ1) is 13.8. The number of nitrogens with zero attached hydrogens (tertiary/aromatic N) is 1. The molecule has 1 fully saturated rings. The first-order valence-corrected chi connectivity index (χ1v) is 10.7. The molecule has 1 aliphatic rings. The molecule has 1 saturated heterocycles. The molecule has 0 saturated carbocycles. The van der Waals surface area contributed by atoms with E-state index >= 15 is 0 Å². The minimum atomic E-state index is 0.135. The third kappa shape index (κ3) is 4.88. The van der Waals surface area contributed by atoms with Crippen LogP contribution in [0.25, 0.3) is 11.3 Å². The van der Waals surface area contributed by atoms with Gasteiger partial charge < -0.3 is 15.2 Å². The summed E-state index contributed by atoms with van der Waals surface area (Å²) < 4.78 is 5.54. The van der Waals surface area contributed by atoms with E-state index in [0.29, 0.717) is 24.8 Å². The van der Waals surface area contributed by atoms with Crippen LogP contribution in [0, 0.1) is 11.8 Å². The molecule has 28 heavy (non-hydrogen) atoms. The third-order valence-corrected chi connectivity index (χ3v) is 6.22. The van der Waals surface area contributed by atoms with Crippen LogP contribution in [0.2, 0.25) is 0 Å². The highest BCUT2D eigenvalue weighted by molar-refractivity contribution is 7.09. The number of piperidine rings is 1. The van der Waals surface area contributed by atoms with Crippen molar-refractivity contribution in [2.45, 2.75) is 25.8 Å². The molecule has 4 rings (SSSR count). The van der Waals surface area contributed by atoms with Crippen molar-refractivity contribution in [1.82, 2.24) is 15.8 Å². The number of carbonyl (C=O) groups excluding carboxylic acids is 1. The normalized spacial score (nSPS) is 19.4. The quantitative estimate of drug-likeness (QED) is 0.637. The van der Waals surface area contributed by atoms with Gasteiger partial charge in [-0.1, -0.05) is 41.6 Å². The molecule has 1 aliphatic heterocycles. The predicted octanol–water partition coefficient (Wildman–Crippen LogP) is 3.88. The molecule has 5 nitrogen and oxygen atoms in total. The molecule has 0 bridgehead atoms. The van der Waals surface area contributed by atoms with Gasteiger partial charge in [-0.2, -0.15) is 0 Å². The Morgan fingerprint density at radius 3 is 2.93 bits per heavy atom. The van der Waals surface area contributed by atoms with Crippen molar-refractivity contribution in [3.8, 4) is 11.3 Å². The Labute approximate surface area is 169 Å². The van der Waals surface area contributed by atoms with Crippen molar-refractivity contribution in [2.24, 2.45) is 11.8 Å². The van der Waals surface area contributed by atoms with Gasteiger partial charge in [-0.25, -0.2) is 0 Å². The number of amides is 1. The molecule has 2 N–H and O–H groups in total. The minimum absolute atomic E-state index is 0.135. The first kappa shape index (κ1) is 18.9. The van der Waals surface area contributed by atoms with Gasteiger partial charge in [0.1, 0.15) is 0 Å². The lowest BCUT2D eigenvalue weighted by molar-refractivity contribution is -0.122. The monoisotopic (exact) mass is 395 g/mol. The van der Waals surface area contributed by atoms with Gasteiger partial charge in [-0.15, -0.1) is 11.3 Å². The smallest absolute Gasteiger partial charge is 0.220 e. The molecule has 2 unspecified atom stereocenters. The fourth-order valence-electron chi connectivity index (χ4n) is 3.81. The van der Waals surface area contributed by atoms with Crippen LogP contribution in [-0.4, -0.2) is 24.2 Å². The Bertz CT molecular complexity index is 876. The Kier molecular flexibility index (Phi) is 6.19.